The summed E-state index contributed by atoms with van der Waals surface area (Å²) < 4.78 is 4.98. The predicted molar refractivity (Wildman–Crippen MR) is 63.3 cm³/mol. The molecule has 0 aliphatic heterocycles. The summed E-state index contributed by atoms with van der Waals surface area (Å²) in [7, 11) is 0. The fourth-order valence-electron chi connectivity index (χ4n) is 1.03. The quantitative estimate of drug-likeness (QED) is 0.600. The molecule has 0 saturated heterocycles. The molecular formula is C11H12ClNO4. The number of halogens is 1. The molecule has 1 rings (SSSR count). The molecule has 5 nitrogen and oxygen atoms in total. The Labute approximate surface area is 104 Å². The van der Waals surface area contributed by atoms with Crippen molar-refractivity contribution in [3.8, 4) is 0 Å². The molecule has 17 heavy (non-hydrogen) atoms. The van der Waals surface area contributed by atoms with Crippen LogP contribution >= 0.6 is 12.4 Å². The molecule has 0 aliphatic carbocycles. The van der Waals surface area contributed by atoms with E-state index in [-0.39, 0.29) is 19.0 Å². The Hall–Kier alpha value is -1.65. The van der Waals surface area contributed by atoms with E-state index in [2.05, 4.69) is 0 Å². The van der Waals surface area contributed by atoms with Gasteiger partial charge in [0.05, 0.1) is 12.7 Å². The number of benzene rings is 1. The van der Waals surface area contributed by atoms with Crippen molar-refractivity contribution in [3.63, 3.8) is 0 Å². The largest absolute Gasteiger partial charge is 0.478 e. The smallest absolute Gasteiger partial charge is 0.356 e. The molecule has 1 atom stereocenters. The van der Waals surface area contributed by atoms with Gasteiger partial charge in [0.15, 0.2) is 0 Å². The molecule has 0 bridgehead atoms. The van der Waals surface area contributed by atoms with Crippen LogP contribution in [-0.4, -0.2) is 22.7 Å². The first-order valence-corrected chi connectivity index (χ1v) is 4.50. The summed E-state index contributed by atoms with van der Waals surface area (Å²) in [6, 6.07) is 8.90. The number of carbonyl (C=O) groups is 1. The zero-order valence-corrected chi connectivity index (χ0v) is 9.65. The fraction of sp³-hybridized carbons (Fsp3) is 0.182. The maximum atomic E-state index is 10.8. The number of carboxylic acid groups (broad SMARTS) is 1. The van der Waals surface area contributed by atoms with E-state index in [1.54, 1.807) is 24.3 Å². The Morgan fingerprint density at radius 2 is 2.06 bits per heavy atom. The Morgan fingerprint density at radius 3 is 2.53 bits per heavy atom. The highest BCUT2D eigenvalue weighted by atomic mass is 35.5. The molecule has 1 aromatic rings. The second-order valence-electron chi connectivity index (χ2n) is 3.13. The van der Waals surface area contributed by atoms with Crippen molar-refractivity contribution in [2.24, 2.45) is 5.73 Å². The van der Waals surface area contributed by atoms with Gasteiger partial charge in [-0.15, -0.1) is 12.4 Å². The molecular weight excluding hydrogens is 246 g/mol. The third-order valence-electron chi connectivity index (χ3n) is 1.93. The van der Waals surface area contributed by atoms with Gasteiger partial charge in [-0.2, -0.15) is 0 Å². The Kier molecular flexibility index (Phi) is 6.17. The molecule has 0 heterocycles. The van der Waals surface area contributed by atoms with Gasteiger partial charge < -0.3 is 9.84 Å². The summed E-state index contributed by atoms with van der Waals surface area (Å²) in [4.78, 5) is 20.9. The van der Waals surface area contributed by atoms with Crippen LogP contribution in [0.3, 0.4) is 0 Å². The maximum absolute atomic E-state index is 10.8. The zero-order valence-electron chi connectivity index (χ0n) is 8.83. The van der Waals surface area contributed by atoms with Gasteiger partial charge in [-0.25, -0.2) is 9.59 Å². The first kappa shape index (κ1) is 15.3. The molecule has 3 N–H and O–H groups in total. The summed E-state index contributed by atoms with van der Waals surface area (Å²) in [6.45, 7) is 0.00181. The molecule has 0 aromatic heterocycles. The molecule has 0 saturated carbocycles. The van der Waals surface area contributed by atoms with E-state index >= 15 is 0 Å². The average Bonchev–Trinajstić information content (AvgIpc) is 2.28. The third-order valence-corrected chi connectivity index (χ3v) is 1.93. The standard InChI is InChI=1S/C11H11NO4.ClH/c12-11(6-7-13,10(14)15)16-8-9-4-2-1-3-5-9;/h1-6H,8,12H2,(H,14,15);1H. The lowest BCUT2D eigenvalue weighted by Gasteiger charge is -2.19. The van der Waals surface area contributed by atoms with Gasteiger partial charge in [-0.1, -0.05) is 30.3 Å². The highest BCUT2D eigenvalue weighted by Gasteiger charge is 2.33. The number of nitrogens with two attached hydrogens (primary N) is 1. The van der Waals surface area contributed by atoms with Crippen LogP contribution in [0.2, 0.25) is 0 Å². The Bertz CT molecular complexity index is 413. The van der Waals surface area contributed by atoms with E-state index in [0.29, 0.717) is 6.08 Å². The van der Waals surface area contributed by atoms with Crippen molar-refractivity contribution < 1.29 is 19.4 Å². The van der Waals surface area contributed by atoms with Crippen molar-refractivity contribution in [3.05, 3.63) is 42.0 Å². The highest BCUT2D eigenvalue weighted by Crippen LogP contribution is 2.09. The summed E-state index contributed by atoms with van der Waals surface area (Å²) in [5.41, 5.74) is 3.99. The van der Waals surface area contributed by atoms with Crippen LogP contribution in [0.15, 0.2) is 36.4 Å². The van der Waals surface area contributed by atoms with E-state index in [4.69, 9.17) is 15.6 Å². The predicted octanol–water partition coefficient (Wildman–Crippen LogP) is 0.752. The summed E-state index contributed by atoms with van der Waals surface area (Å²) >= 11 is 0. The van der Waals surface area contributed by atoms with Crippen molar-refractivity contribution in [2.75, 3.05) is 0 Å². The number of aliphatic carboxylic acids is 1. The lowest BCUT2D eigenvalue weighted by molar-refractivity contribution is -0.160. The second-order valence-corrected chi connectivity index (χ2v) is 3.13. The van der Waals surface area contributed by atoms with E-state index in [1.165, 1.54) is 5.94 Å². The molecule has 1 aromatic carbocycles. The van der Waals surface area contributed by atoms with Crippen molar-refractivity contribution in [1.82, 2.24) is 0 Å². The minimum Gasteiger partial charge on any atom is -0.478 e. The minimum atomic E-state index is -2.13. The molecule has 6 heteroatoms. The topological polar surface area (TPSA) is 89.6 Å². The van der Waals surface area contributed by atoms with Gasteiger partial charge in [0.25, 0.3) is 0 Å². The first-order valence-electron chi connectivity index (χ1n) is 4.50. The average molecular weight is 258 g/mol. The summed E-state index contributed by atoms with van der Waals surface area (Å²) in [6.07, 6.45) is 0.637. The minimum absolute atomic E-state index is 0. The molecule has 0 amide bonds. The molecule has 92 valence electrons. The van der Waals surface area contributed by atoms with Crippen LogP contribution in [0.1, 0.15) is 5.56 Å². The van der Waals surface area contributed by atoms with Gasteiger partial charge in [0, 0.05) is 0 Å². The van der Waals surface area contributed by atoms with Crippen LogP contribution in [0, 0.1) is 0 Å². The van der Waals surface area contributed by atoms with Crippen LogP contribution in [0.4, 0.5) is 0 Å². The maximum Gasteiger partial charge on any atom is 0.356 e. The number of ether oxygens (including phenoxy) is 1. The van der Waals surface area contributed by atoms with Gasteiger partial charge >= 0.3 is 5.97 Å². The third kappa shape index (κ3) is 4.38. The lowest BCUT2D eigenvalue weighted by Crippen LogP contribution is -2.48. The van der Waals surface area contributed by atoms with Crippen LogP contribution < -0.4 is 5.73 Å². The van der Waals surface area contributed by atoms with Crippen molar-refractivity contribution >= 4 is 24.3 Å². The summed E-state index contributed by atoms with van der Waals surface area (Å²) in [5.74, 6) is -0.118. The van der Waals surface area contributed by atoms with E-state index < -0.39 is 11.7 Å². The number of hydrogen-bond acceptors (Lipinski definition) is 4. The second kappa shape index (κ2) is 6.83. The van der Waals surface area contributed by atoms with Gasteiger partial charge in [-0.3, -0.25) is 5.73 Å². The van der Waals surface area contributed by atoms with Crippen LogP contribution in [0.5, 0.6) is 0 Å². The van der Waals surface area contributed by atoms with Gasteiger partial charge in [-0.05, 0) is 5.56 Å². The van der Waals surface area contributed by atoms with Crippen LogP contribution in [-0.2, 0) is 20.9 Å². The molecule has 0 radical (unpaired) electrons. The first-order chi connectivity index (χ1) is 7.58. The van der Waals surface area contributed by atoms with Crippen LogP contribution in [0.25, 0.3) is 0 Å². The molecule has 0 spiro atoms. The SMILES string of the molecule is Cl.NC(C=C=O)(OCc1ccccc1)C(=O)O. The highest BCUT2D eigenvalue weighted by molar-refractivity contribution is 5.85. The Balaban J connectivity index is 0.00000256. The van der Waals surface area contributed by atoms with Crippen molar-refractivity contribution in [1.29, 1.82) is 0 Å². The van der Waals surface area contributed by atoms with Gasteiger partial charge in [0.1, 0.15) is 5.94 Å². The zero-order chi connectivity index (χ0) is 12.0. The normalized spacial score (nSPS) is 12.8. The van der Waals surface area contributed by atoms with E-state index in [9.17, 15) is 9.59 Å². The summed E-state index contributed by atoms with van der Waals surface area (Å²) in [5, 5.41) is 8.78. The number of carboxylic acids is 1. The number of carbonyl (C=O) groups excluding carboxylic acids is 1. The fourth-order valence-corrected chi connectivity index (χ4v) is 1.03. The number of hydrogen-bond donors (Lipinski definition) is 2. The van der Waals surface area contributed by atoms with E-state index in [0.717, 1.165) is 5.56 Å². The van der Waals surface area contributed by atoms with Gasteiger partial charge in [0.2, 0.25) is 5.72 Å². The van der Waals surface area contributed by atoms with Crippen molar-refractivity contribution in [2.45, 2.75) is 12.3 Å². The monoisotopic (exact) mass is 257 g/mol. The van der Waals surface area contributed by atoms with E-state index in [1.807, 2.05) is 6.07 Å². The Morgan fingerprint density at radius 1 is 1.47 bits per heavy atom. The lowest BCUT2D eigenvalue weighted by atomic mass is 10.2. The molecule has 0 fully saturated rings. The number of rotatable bonds is 5. The molecule has 0 aliphatic rings. The molecule has 1 unspecified atom stereocenters.